The Bertz CT molecular complexity index is 110. The van der Waals surface area contributed by atoms with Gasteiger partial charge in [-0.05, 0) is 12.3 Å². The third-order valence-electron chi connectivity index (χ3n) is 1.76. The van der Waals surface area contributed by atoms with Crippen molar-refractivity contribution in [2.75, 3.05) is 0 Å². The van der Waals surface area contributed by atoms with E-state index >= 15 is 0 Å². The van der Waals surface area contributed by atoms with Gasteiger partial charge in [-0.3, -0.25) is 5.41 Å². The maximum absolute atomic E-state index is 6.94. The van der Waals surface area contributed by atoms with Gasteiger partial charge < -0.3 is 5.73 Å². The number of amidine groups is 1. The third-order valence-corrected chi connectivity index (χ3v) is 1.76. The normalized spacial score (nSPS) is 16.0. The second-order valence-electron chi connectivity index (χ2n) is 2.86. The summed E-state index contributed by atoms with van der Waals surface area (Å²) in [6.45, 7) is 0. The van der Waals surface area contributed by atoms with Gasteiger partial charge in [0, 0.05) is 6.42 Å². The molecule has 0 atom stereocenters. The molecule has 0 aromatic rings. The van der Waals surface area contributed by atoms with E-state index in [-0.39, 0.29) is 12.4 Å². The average Bonchev–Trinajstić information content (AvgIpc) is 2.48. The molecule has 0 unspecified atom stereocenters. The second kappa shape index (κ2) is 4.56. The molecule has 1 saturated carbocycles. The quantitative estimate of drug-likeness (QED) is 0.482. The Morgan fingerprint density at radius 3 is 2.50 bits per heavy atom. The first-order valence-electron chi connectivity index (χ1n) is 3.62. The van der Waals surface area contributed by atoms with E-state index in [9.17, 15) is 0 Å². The van der Waals surface area contributed by atoms with E-state index < -0.39 is 0 Å². The molecule has 1 rings (SSSR count). The molecule has 60 valence electrons. The van der Waals surface area contributed by atoms with Crippen LogP contribution in [0.15, 0.2) is 0 Å². The molecule has 3 heteroatoms. The minimum atomic E-state index is 0. The molecule has 10 heavy (non-hydrogen) atoms. The monoisotopic (exact) mass is 162 g/mol. The Kier molecular flexibility index (Phi) is 4.45. The standard InChI is InChI=1S/C7H14N2.ClH/c8-7(9)3-1-2-6-4-5-6;/h6H,1-5H2,(H3,8,9);1H. The summed E-state index contributed by atoms with van der Waals surface area (Å²) in [7, 11) is 0. The minimum absolute atomic E-state index is 0. The number of nitrogens with two attached hydrogens (primary N) is 1. The molecule has 0 heterocycles. The third kappa shape index (κ3) is 4.62. The highest BCUT2D eigenvalue weighted by Gasteiger charge is 2.19. The van der Waals surface area contributed by atoms with Gasteiger partial charge in [0.15, 0.2) is 0 Å². The molecule has 1 aliphatic rings. The highest BCUT2D eigenvalue weighted by molar-refractivity contribution is 5.85. The fourth-order valence-corrected chi connectivity index (χ4v) is 0.988. The first-order valence-corrected chi connectivity index (χ1v) is 3.62. The molecular weight excluding hydrogens is 148 g/mol. The van der Waals surface area contributed by atoms with Crippen LogP contribution < -0.4 is 5.73 Å². The Labute approximate surface area is 68.1 Å². The first kappa shape index (κ1) is 9.76. The molecule has 0 amide bonds. The molecule has 3 N–H and O–H groups in total. The van der Waals surface area contributed by atoms with Gasteiger partial charge in [-0.25, -0.2) is 0 Å². The highest BCUT2D eigenvalue weighted by Crippen LogP contribution is 2.33. The predicted octanol–water partition coefficient (Wildman–Crippen LogP) is 1.92. The highest BCUT2D eigenvalue weighted by atomic mass is 35.5. The zero-order valence-corrected chi connectivity index (χ0v) is 6.91. The van der Waals surface area contributed by atoms with Gasteiger partial charge in [0.25, 0.3) is 0 Å². The summed E-state index contributed by atoms with van der Waals surface area (Å²) in [5.41, 5.74) is 5.18. The lowest BCUT2D eigenvalue weighted by molar-refractivity contribution is 0.682. The lowest BCUT2D eigenvalue weighted by Crippen LogP contribution is -2.08. The molecular formula is C7H15ClN2. The van der Waals surface area contributed by atoms with Crippen molar-refractivity contribution in [3.05, 3.63) is 0 Å². The number of nitrogens with one attached hydrogen (secondary N) is 1. The van der Waals surface area contributed by atoms with Crippen LogP contribution in [-0.2, 0) is 0 Å². The maximum atomic E-state index is 6.94. The van der Waals surface area contributed by atoms with Crippen molar-refractivity contribution in [1.29, 1.82) is 5.41 Å². The van der Waals surface area contributed by atoms with Gasteiger partial charge in [0.05, 0.1) is 5.84 Å². The Balaban J connectivity index is 0.000000810. The fraction of sp³-hybridized carbons (Fsp3) is 0.857. The summed E-state index contributed by atoms with van der Waals surface area (Å²) < 4.78 is 0. The Hall–Kier alpha value is -0.240. The summed E-state index contributed by atoms with van der Waals surface area (Å²) >= 11 is 0. The van der Waals surface area contributed by atoms with E-state index in [2.05, 4.69) is 0 Å². The van der Waals surface area contributed by atoms with E-state index in [0.717, 1.165) is 18.8 Å². The minimum Gasteiger partial charge on any atom is -0.388 e. The largest absolute Gasteiger partial charge is 0.388 e. The van der Waals surface area contributed by atoms with Crippen molar-refractivity contribution in [1.82, 2.24) is 0 Å². The van der Waals surface area contributed by atoms with Crippen molar-refractivity contribution < 1.29 is 0 Å². The van der Waals surface area contributed by atoms with Gasteiger partial charge in [0.2, 0.25) is 0 Å². The molecule has 1 aliphatic carbocycles. The Morgan fingerprint density at radius 2 is 2.10 bits per heavy atom. The molecule has 0 aromatic heterocycles. The van der Waals surface area contributed by atoms with Crippen LogP contribution in [0, 0.1) is 11.3 Å². The number of rotatable bonds is 4. The topological polar surface area (TPSA) is 49.9 Å². The van der Waals surface area contributed by atoms with Crippen LogP contribution in [0.2, 0.25) is 0 Å². The second-order valence-corrected chi connectivity index (χ2v) is 2.86. The average molecular weight is 163 g/mol. The van der Waals surface area contributed by atoms with E-state index in [0.29, 0.717) is 5.84 Å². The van der Waals surface area contributed by atoms with Crippen LogP contribution in [0.4, 0.5) is 0 Å². The zero-order valence-electron chi connectivity index (χ0n) is 6.10. The Morgan fingerprint density at radius 1 is 1.50 bits per heavy atom. The summed E-state index contributed by atoms with van der Waals surface area (Å²) in [5.74, 6) is 1.33. The van der Waals surface area contributed by atoms with Crippen molar-refractivity contribution in [2.45, 2.75) is 32.1 Å². The molecule has 1 fully saturated rings. The van der Waals surface area contributed by atoms with Gasteiger partial charge in [0.1, 0.15) is 0 Å². The zero-order chi connectivity index (χ0) is 6.69. The van der Waals surface area contributed by atoms with E-state index in [4.69, 9.17) is 11.1 Å². The van der Waals surface area contributed by atoms with Gasteiger partial charge in [-0.1, -0.05) is 19.3 Å². The summed E-state index contributed by atoms with van der Waals surface area (Å²) in [4.78, 5) is 0. The van der Waals surface area contributed by atoms with Crippen molar-refractivity contribution >= 4 is 18.2 Å². The maximum Gasteiger partial charge on any atom is 0.0905 e. The molecule has 0 aliphatic heterocycles. The number of hydrogen-bond acceptors (Lipinski definition) is 1. The lowest BCUT2D eigenvalue weighted by Gasteiger charge is -1.94. The van der Waals surface area contributed by atoms with Crippen LogP contribution >= 0.6 is 12.4 Å². The number of halogens is 1. The molecule has 2 nitrogen and oxygen atoms in total. The molecule has 0 aromatic carbocycles. The van der Waals surface area contributed by atoms with Crippen LogP contribution in [0.1, 0.15) is 32.1 Å². The van der Waals surface area contributed by atoms with Gasteiger partial charge in [-0.2, -0.15) is 0 Å². The molecule has 0 bridgehead atoms. The molecule has 0 radical (unpaired) electrons. The van der Waals surface area contributed by atoms with Crippen molar-refractivity contribution in [3.8, 4) is 0 Å². The van der Waals surface area contributed by atoms with Crippen LogP contribution in [0.5, 0.6) is 0 Å². The van der Waals surface area contributed by atoms with E-state index in [1.54, 1.807) is 0 Å². The summed E-state index contributed by atoms with van der Waals surface area (Å²) in [6, 6.07) is 0. The fourth-order valence-electron chi connectivity index (χ4n) is 0.988. The first-order chi connectivity index (χ1) is 4.29. The van der Waals surface area contributed by atoms with Gasteiger partial charge >= 0.3 is 0 Å². The van der Waals surface area contributed by atoms with E-state index in [1.165, 1.54) is 19.3 Å². The van der Waals surface area contributed by atoms with Crippen molar-refractivity contribution in [2.24, 2.45) is 11.7 Å². The van der Waals surface area contributed by atoms with E-state index in [1.807, 2.05) is 0 Å². The SMILES string of the molecule is Cl.N=C(N)CCCC1CC1. The van der Waals surface area contributed by atoms with Crippen LogP contribution in [-0.4, -0.2) is 5.84 Å². The number of hydrogen-bond donors (Lipinski definition) is 2. The smallest absolute Gasteiger partial charge is 0.0905 e. The lowest BCUT2D eigenvalue weighted by atomic mass is 10.2. The summed E-state index contributed by atoms with van der Waals surface area (Å²) in [5, 5.41) is 6.94. The van der Waals surface area contributed by atoms with Crippen molar-refractivity contribution in [3.63, 3.8) is 0 Å². The summed E-state index contributed by atoms with van der Waals surface area (Å²) in [6.07, 6.45) is 6.05. The predicted molar refractivity (Wildman–Crippen MR) is 45.7 cm³/mol. The van der Waals surface area contributed by atoms with Gasteiger partial charge in [-0.15, -0.1) is 12.4 Å². The van der Waals surface area contributed by atoms with Crippen LogP contribution in [0.25, 0.3) is 0 Å². The molecule has 0 spiro atoms. The van der Waals surface area contributed by atoms with Crippen LogP contribution in [0.3, 0.4) is 0 Å². The molecule has 0 saturated heterocycles.